The highest BCUT2D eigenvalue weighted by Gasteiger charge is 2.41. The molecular weight excluding hydrogens is 405 g/mol. The van der Waals surface area contributed by atoms with E-state index in [2.05, 4.69) is 0 Å². The minimum absolute atomic E-state index is 0.0682. The van der Waals surface area contributed by atoms with Gasteiger partial charge in [-0.05, 0) is 55.2 Å². The van der Waals surface area contributed by atoms with Crippen LogP contribution in [0.3, 0.4) is 0 Å². The molecule has 3 unspecified atom stereocenters. The summed E-state index contributed by atoms with van der Waals surface area (Å²) in [6, 6.07) is 3.80. The number of alkyl halides is 3. The molecule has 3 atom stereocenters. The fourth-order valence-corrected chi connectivity index (χ4v) is 6.61. The third kappa shape index (κ3) is 4.17. The van der Waals surface area contributed by atoms with Gasteiger partial charge in [0.05, 0.1) is 10.5 Å². The van der Waals surface area contributed by atoms with E-state index in [-0.39, 0.29) is 37.0 Å². The van der Waals surface area contributed by atoms with Gasteiger partial charge < -0.3 is 4.90 Å². The molecule has 160 valence electrons. The van der Waals surface area contributed by atoms with Crippen molar-refractivity contribution in [3.8, 4) is 0 Å². The monoisotopic (exact) mass is 430 g/mol. The van der Waals surface area contributed by atoms with Gasteiger partial charge in [0.25, 0.3) is 0 Å². The van der Waals surface area contributed by atoms with Crippen LogP contribution in [0.2, 0.25) is 0 Å². The summed E-state index contributed by atoms with van der Waals surface area (Å²) in [6.07, 6.45) is 0.784. The molecule has 1 heterocycles. The summed E-state index contributed by atoms with van der Waals surface area (Å²) < 4.78 is 65.4. The summed E-state index contributed by atoms with van der Waals surface area (Å²) in [6.45, 7) is 0.748. The number of hydrogen-bond acceptors (Lipinski definition) is 3. The summed E-state index contributed by atoms with van der Waals surface area (Å²) >= 11 is 0. The third-order valence-corrected chi connectivity index (χ3v) is 8.61. The molecule has 1 aliphatic heterocycles. The van der Waals surface area contributed by atoms with Gasteiger partial charge in [-0.1, -0.05) is 12.5 Å². The zero-order valence-electron chi connectivity index (χ0n) is 16.1. The van der Waals surface area contributed by atoms with E-state index in [1.54, 1.807) is 4.90 Å². The molecule has 3 fully saturated rings. The van der Waals surface area contributed by atoms with Crippen molar-refractivity contribution in [2.24, 2.45) is 17.8 Å². The lowest BCUT2D eigenvalue weighted by atomic mass is 9.86. The molecule has 3 aliphatic rings. The topological polar surface area (TPSA) is 57.7 Å². The molecule has 0 spiro atoms. The SMILES string of the molecule is O=C(CC1CC2CCC1C2)N1CCN(S(=O)(=O)c2cccc(C(F)(F)F)c2)CC1. The van der Waals surface area contributed by atoms with Crippen LogP contribution in [-0.4, -0.2) is 49.7 Å². The first-order valence-corrected chi connectivity index (χ1v) is 11.5. The zero-order chi connectivity index (χ0) is 20.8. The normalized spacial score (nSPS) is 28.1. The second-order valence-electron chi connectivity index (χ2n) is 8.45. The highest BCUT2D eigenvalue weighted by Crippen LogP contribution is 2.49. The summed E-state index contributed by atoms with van der Waals surface area (Å²) in [5.74, 6) is 1.95. The van der Waals surface area contributed by atoms with Gasteiger partial charge in [-0.2, -0.15) is 17.5 Å². The second kappa shape index (κ2) is 7.58. The molecule has 1 saturated heterocycles. The molecule has 0 N–H and O–H groups in total. The fraction of sp³-hybridized carbons (Fsp3) is 0.650. The van der Waals surface area contributed by atoms with Crippen LogP contribution < -0.4 is 0 Å². The molecule has 1 aromatic rings. The van der Waals surface area contributed by atoms with E-state index in [0.29, 0.717) is 24.3 Å². The number of sulfonamides is 1. The number of carbonyl (C=O) groups excluding carboxylic acids is 1. The third-order valence-electron chi connectivity index (χ3n) is 6.71. The summed E-state index contributed by atoms with van der Waals surface area (Å²) in [5.41, 5.74) is -0.988. The average molecular weight is 430 g/mol. The van der Waals surface area contributed by atoms with Crippen LogP contribution in [0.25, 0.3) is 0 Å². The molecule has 0 radical (unpaired) electrons. The van der Waals surface area contributed by atoms with E-state index in [1.165, 1.54) is 29.6 Å². The Kier molecular flexibility index (Phi) is 5.40. The van der Waals surface area contributed by atoms with Crippen LogP contribution in [0.4, 0.5) is 13.2 Å². The number of rotatable bonds is 4. The van der Waals surface area contributed by atoms with Crippen molar-refractivity contribution in [3.63, 3.8) is 0 Å². The maximum Gasteiger partial charge on any atom is 0.416 e. The van der Waals surface area contributed by atoms with Gasteiger partial charge in [0.15, 0.2) is 0 Å². The maximum atomic E-state index is 12.9. The zero-order valence-corrected chi connectivity index (χ0v) is 16.9. The fourth-order valence-electron chi connectivity index (χ4n) is 5.14. The van der Waals surface area contributed by atoms with Gasteiger partial charge in [0.2, 0.25) is 15.9 Å². The van der Waals surface area contributed by atoms with Gasteiger partial charge in [-0.3, -0.25) is 4.79 Å². The van der Waals surface area contributed by atoms with Crippen LogP contribution in [-0.2, 0) is 21.0 Å². The van der Waals surface area contributed by atoms with E-state index >= 15 is 0 Å². The van der Waals surface area contributed by atoms with Crippen LogP contribution in [0.15, 0.2) is 29.2 Å². The minimum atomic E-state index is -4.60. The van der Waals surface area contributed by atoms with Gasteiger partial charge in [-0.25, -0.2) is 8.42 Å². The molecular formula is C20H25F3N2O3S. The minimum Gasteiger partial charge on any atom is -0.340 e. The van der Waals surface area contributed by atoms with Crippen molar-refractivity contribution in [2.45, 2.75) is 43.2 Å². The Morgan fingerprint density at radius 2 is 1.79 bits per heavy atom. The largest absolute Gasteiger partial charge is 0.416 e. The molecule has 9 heteroatoms. The van der Waals surface area contributed by atoms with Crippen LogP contribution in [0, 0.1) is 17.8 Å². The van der Waals surface area contributed by atoms with Crippen molar-refractivity contribution in [3.05, 3.63) is 29.8 Å². The number of amides is 1. The lowest BCUT2D eigenvalue weighted by Crippen LogP contribution is -2.50. The highest BCUT2D eigenvalue weighted by atomic mass is 32.2. The number of benzene rings is 1. The summed E-state index contributed by atoms with van der Waals surface area (Å²) in [7, 11) is -4.03. The number of halogens is 3. The van der Waals surface area contributed by atoms with Crippen molar-refractivity contribution >= 4 is 15.9 Å². The Labute approximate surface area is 168 Å². The number of fused-ring (bicyclic) bond motifs is 2. The van der Waals surface area contributed by atoms with Crippen molar-refractivity contribution in [2.75, 3.05) is 26.2 Å². The Bertz CT molecular complexity index is 879. The molecule has 1 aromatic carbocycles. The van der Waals surface area contributed by atoms with Crippen molar-refractivity contribution in [1.82, 2.24) is 9.21 Å². The van der Waals surface area contributed by atoms with Crippen LogP contribution in [0.1, 0.15) is 37.7 Å². The lowest BCUT2D eigenvalue weighted by Gasteiger charge is -2.35. The van der Waals surface area contributed by atoms with E-state index < -0.39 is 21.8 Å². The predicted molar refractivity (Wildman–Crippen MR) is 100 cm³/mol. The van der Waals surface area contributed by atoms with Gasteiger partial charge >= 0.3 is 6.18 Å². The van der Waals surface area contributed by atoms with E-state index in [1.807, 2.05) is 0 Å². The Balaban J connectivity index is 1.37. The Morgan fingerprint density at radius 3 is 2.38 bits per heavy atom. The van der Waals surface area contributed by atoms with Gasteiger partial charge in [-0.15, -0.1) is 0 Å². The Hall–Kier alpha value is -1.61. The predicted octanol–water partition coefficient (Wildman–Crippen LogP) is 3.36. The number of piperazine rings is 1. The highest BCUT2D eigenvalue weighted by molar-refractivity contribution is 7.89. The van der Waals surface area contributed by atoms with Crippen LogP contribution in [0.5, 0.6) is 0 Å². The summed E-state index contributed by atoms with van der Waals surface area (Å²) in [5, 5.41) is 0. The van der Waals surface area contributed by atoms with E-state index in [4.69, 9.17) is 0 Å². The molecule has 5 nitrogen and oxygen atoms in total. The second-order valence-corrected chi connectivity index (χ2v) is 10.4. The smallest absolute Gasteiger partial charge is 0.340 e. The molecule has 2 aliphatic carbocycles. The number of nitrogens with zero attached hydrogens (tertiary/aromatic N) is 2. The average Bonchev–Trinajstić information content (AvgIpc) is 3.30. The molecule has 4 rings (SSSR count). The molecule has 29 heavy (non-hydrogen) atoms. The standard InChI is InChI=1S/C20H25F3N2O3S/c21-20(22,23)17-2-1-3-18(13-17)29(27,28)25-8-6-24(7-9-25)19(26)12-16-11-14-4-5-15(16)10-14/h1-3,13-16H,4-12H2. The molecule has 1 amide bonds. The first kappa shape index (κ1) is 20.7. The van der Waals surface area contributed by atoms with Crippen molar-refractivity contribution < 1.29 is 26.4 Å². The van der Waals surface area contributed by atoms with Crippen molar-refractivity contribution in [1.29, 1.82) is 0 Å². The number of carbonyl (C=O) groups is 1. The molecule has 2 bridgehead atoms. The van der Waals surface area contributed by atoms with E-state index in [9.17, 15) is 26.4 Å². The quantitative estimate of drug-likeness (QED) is 0.736. The Morgan fingerprint density at radius 1 is 1.07 bits per heavy atom. The summed E-state index contributed by atoms with van der Waals surface area (Å²) in [4.78, 5) is 14.0. The lowest BCUT2D eigenvalue weighted by molar-refractivity contribution is -0.137. The van der Waals surface area contributed by atoms with E-state index in [0.717, 1.165) is 24.5 Å². The first-order valence-electron chi connectivity index (χ1n) is 10.1. The van der Waals surface area contributed by atoms with Crippen LogP contribution >= 0.6 is 0 Å². The number of hydrogen-bond donors (Lipinski definition) is 0. The maximum absolute atomic E-state index is 12.9. The van der Waals surface area contributed by atoms with Gasteiger partial charge in [0, 0.05) is 32.6 Å². The first-order chi connectivity index (χ1) is 13.6. The van der Waals surface area contributed by atoms with Gasteiger partial charge in [0.1, 0.15) is 0 Å². The molecule has 2 saturated carbocycles. The molecule has 0 aromatic heterocycles.